The monoisotopic (exact) mass is 403 g/mol. The van der Waals surface area contributed by atoms with Crippen LogP contribution in [0.25, 0.3) is 0 Å². The van der Waals surface area contributed by atoms with Crippen LogP contribution in [0.4, 0.5) is 4.39 Å². The highest BCUT2D eigenvalue weighted by Crippen LogP contribution is 2.47. The number of pyridine rings is 1. The Kier molecular flexibility index (Phi) is 5.01. The molecule has 4 rings (SSSR count). The first kappa shape index (κ1) is 19.1. The molecule has 1 aliphatic rings. The Hall–Kier alpha value is -3.27. The third-order valence-corrected chi connectivity index (χ3v) is 5.56. The lowest BCUT2D eigenvalue weighted by atomic mass is 9.75. The zero-order valence-electron chi connectivity index (χ0n) is 15.4. The third kappa shape index (κ3) is 3.25. The van der Waals surface area contributed by atoms with Crippen LogP contribution in [0.1, 0.15) is 23.1 Å². The van der Waals surface area contributed by atoms with E-state index in [-0.39, 0.29) is 10.6 Å². The van der Waals surface area contributed by atoms with Gasteiger partial charge < -0.3 is 23.1 Å². The van der Waals surface area contributed by atoms with E-state index in [9.17, 15) is 14.8 Å². The number of halogens is 1. The molecule has 2 aromatic carbocycles. The zero-order chi connectivity index (χ0) is 20.4. The van der Waals surface area contributed by atoms with Crippen LogP contribution in [-0.4, -0.2) is 5.11 Å². The summed E-state index contributed by atoms with van der Waals surface area (Å²) >= 11 is 5.44. The second-order valence-corrected chi connectivity index (χ2v) is 7.29. The van der Waals surface area contributed by atoms with E-state index in [0.717, 1.165) is 0 Å². The fraction of sp³-hybridized carbons (Fsp3) is 0.130. The Morgan fingerprint density at radius 3 is 2.28 bits per heavy atom. The van der Waals surface area contributed by atoms with Crippen molar-refractivity contribution in [2.24, 2.45) is 0 Å². The molecule has 6 heteroatoms. The van der Waals surface area contributed by atoms with E-state index in [2.05, 4.69) is 11.4 Å². The van der Waals surface area contributed by atoms with Gasteiger partial charge in [0.2, 0.25) is 11.8 Å². The molecule has 0 aliphatic carbocycles. The van der Waals surface area contributed by atoms with Crippen LogP contribution >= 0.6 is 0 Å². The van der Waals surface area contributed by atoms with Gasteiger partial charge in [-0.1, -0.05) is 59.6 Å². The number of nitriles is 1. The highest BCUT2D eigenvalue weighted by molar-refractivity contribution is 7.63. The van der Waals surface area contributed by atoms with Gasteiger partial charge in [-0.15, -0.1) is 0 Å². The van der Waals surface area contributed by atoms with Gasteiger partial charge in [0.15, 0.2) is 12.4 Å². The van der Waals surface area contributed by atoms with Gasteiger partial charge >= 0.3 is 0 Å². The summed E-state index contributed by atoms with van der Waals surface area (Å²) in [6.07, 6.45) is 3.58. The Labute approximate surface area is 174 Å². The van der Waals surface area contributed by atoms with Crippen molar-refractivity contribution in [3.63, 3.8) is 0 Å². The van der Waals surface area contributed by atoms with Gasteiger partial charge in [0.1, 0.15) is 5.82 Å². The molecule has 1 aliphatic heterocycles. The van der Waals surface area contributed by atoms with Gasteiger partial charge in [0.25, 0.3) is 0 Å². The number of nitrogens with zero attached hydrogens (tertiary/aromatic N) is 2. The summed E-state index contributed by atoms with van der Waals surface area (Å²) in [7, 11) is 0. The zero-order valence-corrected chi connectivity index (χ0v) is 16.2. The molecular weight excluding hydrogens is 385 g/mol. The Morgan fingerprint density at radius 2 is 1.62 bits per heavy atom. The molecule has 0 radical (unpaired) electrons. The third-order valence-electron chi connectivity index (χ3n) is 5.24. The van der Waals surface area contributed by atoms with E-state index < -0.39 is 23.5 Å². The number of hydrogen-bond donors (Lipinski definition) is 2. The highest BCUT2D eigenvalue weighted by atomic mass is 32.1. The van der Waals surface area contributed by atoms with Gasteiger partial charge in [0, 0.05) is 28.8 Å². The SMILES string of the molecule is N#CC1=C([S-])N[C@@](O)(c2ccccc2)[C@H]([n+]2ccccc2)[C@H]1c1ccccc1F. The minimum absolute atomic E-state index is 0.111. The average molecular weight is 403 g/mol. The van der Waals surface area contributed by atoms with Crippen LogP contribution in [0, 0.1) is 17.1 Å². The van der Waals surface area contributed by atoms with Crippen LogP contribution in [0.2, 0.25) is 0 Å². The molecule has 3 aromatic rings. The molecule has 0 amide bonds. The summed E-state index contributed by atoms with van der Waals surface area (Å²) < 4.78 is 16.7. The molecular formula is C23H18FN3OS. The van der Waals surface area contributed by atoms with Gasteiger partial charge in [-0.2, -0.15) is 9.83 Å². The van der Waals surface area contributed by atoms with E-state index in [1.165, 1.54) is 6.07 Å². The van der Waals surface area contributed by atoms with Crippen molar-refractivity contribution in [1.82, 2.24) is 5.32 Å². The van der Waals surface area contributed by atoms with Crippen molar-refractivity contribution in [3.05, 3.63) is 113 Å². The maximum absolute atomic E-state index is 14.9. The molecule has 2 N–H and O–H groups in total. The molecule has 0 saturated heterocycles. The Morgan fingerprint density at radius 1 is 1.00 bits per heavy atom. The van der Waals surface area contributed by atoms with E-state index in [0.29, 0.717) is 11.1 Å². The Balaban J connectivity index is 2.03. The van der Waals surface area contributed by atoms with Crippen molar-refractivity contribution in [2.75, 3.05) is 0 Å². The summed E-state index contributed by atoms with van der Waals surface area (Å²) in [4.78, 5) is 0. The van der Waals surface area contributed by atoms with Gasteiger partial charge in [-0.05, 0) is 6.07 Å². The number of nitrogens with one attached hydrogen (secondary N) is 1. The first-order chi connectivity index (χ1) is 14.1. The van der Waals surface area contributed by atoms with Crippen molar-refractivity contribution in [2.45, 2.75) is 17.7 Å². The molecule has 0 saturated carbocycles. The summed E-state index contributed by atoms with van der Waals surface area (Å²) in [6.45, 7) is 0. The first-order valence-corrected chi connectivity index (χ1v) is 9.54. The molecule has 0 fully saturated rings. The smallest absolute Gasteiger partial charge is 0.225 e. The minimum Gasteiger partial charge on any atom is -0.762 e. The fourth-order valence-corrected chi connectivity index (χ4v) is 4.28. The van der Waals surface area contributed by atoms with E-state index >= 15 is 0 Å². The first-order valence-electron chi connectivity index (χ1n) is 9.14. The number of hydrogen-bond acceptors (Lipinski definition) is 4. The normalized spacial score (nSPS) is 23.9. The van der Waals surface area contributed by atoms with Crippen LogP contribution in [0.3, 0.4) is 0 Å². The van der Waals surface area contributed by atoms with Crippen molar-refractivity contribution < 1.29 is 14.1 Å². The lowest BCUT2D eigenvalue weighted by Crippen LogP contribution is -2.62. The minimum atomic E-state index is -1.66. The second-order valence-electron chi connectivity index (χ2n) is 6.88. The molecule has 144 valence electrons. The molecule has 0 bridgehead atoms. The fourth-order valence-electron chi connectivity index (χ4n) is 3.95. The number of aromatic nitrogens is 1. The maximum Gasteiger partial charge on any atom is 0.225 e. The number of rotatable bonds is 3. The molecule has 3 atom stereocenters. The lowest BCUT2D eigenvalue weighted by molar-refractivity contribution is -0.743. The van der Waals surface area contributed by atoms with Gasteiger partial charge in [0.05, 0.1) is 12.0 Å². The molecule has 29 heavy (non-hydrogen) atoms. The quantitative estimate of drug-likeness (QED) is 0.521. The predicted molar refractivity (Wildman–Crippen MR) is 108 cm³/mol. The maximum atomic E-state index is 14.9. The van der Waals surface area contributed by atoms with E-state index in [1.54, 1.807) is 47.3 Å². The van der Waals surface area contributed by atoms with E-state index in [4.69, 9.17) is 12.6 Å². The van der Waals surface area contributed by atoms with Crippen molar-refractivity contribution >= 4 is 12.6 Å². The van der Waals surface area contributed by atoms with Crippen LogP contribution in [-0.2, 0) is 18.4 Å². The standard InChI is InChI=1S/C23H18FN3OS/c24-19-12-6-5-11-17(19)20-18(15-25)22(29)26-23(28,16-9-3-1-4-10-16)21(20)27-13-7-2-8-14-27/h1-14,20-21,26,28H/t20-,21+,23+/m0/s1. The van der Waals surface area contributed by atoms with E-state index in [1.807, 2.05) is 36.4 Å². The number of allylic oxidation sites excluding steroid dienone is 1. The predicted octanol–water partition coefficient (Wildman–Crippen LogP) is 3.17. The summed E-state index contributed by atoms with van der Waals surface area (Å²) in [5, 5.41) is 24.8. The second kappa shape index (κ2) is 7.63. The van der Waals surface area contributed by atoms with Crippen LogP contribution < -0.4 is 9.88 Å². The molecule has 1 aromatic heterocycles. The Bertz CT molecular complexity index is 1100. The highest BCUT2D eigenvalue weighted by Gasteiger charge is 2.54. The molecule has 0 unspecified atom stereocenters. The largest absolute Gasteiger partial charge is 0.762 e. The number of aliphatic hydroxyl groups is 1. The van der Waals surface area contributed by atoms with Crippen LogP contribution in [0.15, 0.2) is 95.8 Å². The van der Waals surface area contributed by atoms with Crippen LogP contribution in [0.5, 0.6) is 0 Å². The summed E-state index contributed by atoms with van der Waals surface area (Å²) in [5.74, 6) is -1.24. The molecule has 0 spiro atoms. The molecule has 4 nitrogen and oxygen atoms in total. The summed E-state index contributed by atoms with van der Waals surface area (Å²) in [5.41, 5.74) is -0.560. The average Bonchev–Trinajstić information content (AvgIpc) is 2.75. The van der Waals surface area contributed by atoms with Crippen molar-refractivity contribution in [3.8, 4) is 6.07 Å². The number of benzene rings is 2. The summed E-state index contributed by atoms with van der Waals surface area (Å²) in [6, 6.07) is 22.2. The molecule has 2 heterocycles. The van der Waals surface area contributed by atoms with Gasteiger partial charge in [-0.3, -0.25) is 0 Å². The lowest BCUT2D eigenvalue weighted by Gasteiger charge is -2.45. The topological polar surface area (TPSA) is 59.9 Å². The van der Waals surface area contributed by atoms with Crippen molar-refractivity contribution in [1.29, 1.82) is 5.26 Å². The van der Waals surface area contributed by atoms with Gasteiger partial charge in [-0.25, -0.2) is 4.39 Å².